The molecule has 0 saturated heterocycles. The second-order valence-electron chi connectivity index (χ2n) is 1.68. The Kier molecular flexibility index (Phi) is 1.69. The first kappa shape index (κ1) is 6.10. The van der Waals surface area contributed by atoms with Crippen molar-refractivity contribution in [1.82, 2.24) is 10.2 Å². The molecule has 1 heterocycles. The summed E-state index contributed by atoms with van der Waals surface area (Å²) in [7, 11) is 1.58. The highest BCUT2D eigenvalue weighted by Crippen LogP contribution is 2.04. The zero-order valence-corrected chi connectivity index (χ0v) is 5.09. The van der Waals surface area contributed by atoms with E-state index < -0.39 is 0 Å². The molecule has 1 aromatic rings. The van der Waals surface area contributed by atoms with Gasteiger partial charge in [0.1, 0.15) is 0 Å². The maximum atomic E-state index is 8.68. The molecular formula is C5H8N2O2. The molecule has 9 heavy (non-hydrogen) atoms. The van der Waals surface area contributed by atoms with Gasteiger partial charge in [-0.25, -0.2) is 0 Å². The predicted octanol–water partition coefficient (Wildman–Crippen LogP) is 0.262. The van der Waals surface area contributed by atoms with Crippen molar-refractivity contribution in [2.24, 2.45) is 0 Å². The Morgan fingerprint density at radius 3 is 3.11 bits per heavy atom. The Labute approximate surface area is 52.5 Å². The molecular weight excluding hydrogens is 120 g/mol. The van der Waals surface area contributed by atoms with Crippen molar-refractivity contribution >= 4 is 0 Å². The summed E-state index contributed by atoms with van der Waals surface area (Å²) >= 11 is 0. The summed E-state index contributed by atoms with van der Waals surface area (Å²) in [6.07, 6.45) is 0. The number of H-pyrrole nitrogens is 1. The molecule has 0 aromatic carbocycles. The van der Waals surface area contributed by atoms with Crippen LogP contribution >= 0.6 is 0 Å². The fourth-order valence-electron chi connectivity index (χ4n) is 0.579. The van der Waals surface area contributed by atoms with Gasteiger partial charge in [0.25, 0.3) is 0 Å². The molecule has 0 atom stereocenters. The summed E-state index contributed by atoms with van der Waals surface area (Å²) in [4.78, 5) is 0. The highest BCUT2D eigenvalue weighted by atomic mass is 16.5. The summed E-state index contributed by atoms with van der Waals surface area (Å²) in [6.45, 7) is 0.452. The van der Waals surface area contributed by atoms with Gasteiger partial charge in [0.15, 0.2) is 0 Å². The molecule has 0 spiro atoms. The molecule has 4 nitrogen and oxygen atoms in total. The monoisotopic (exact) mass is 128 g/mol. The molecule has 0 amide bonds. The summed E-state index contributed by atoms with van der Waals surface area (Å²) in [5, 5.41) is 14.7. The number of ether oxygens (including phenoxy) is 1. The van der Waals surface area contributed by atoms with Crippen molar-refractivity contribution in [3.05, 3.63) is 11.8 Å². The van der Waals surface area contributed by atoms with E-state index in [0.717, 1.165) is 5.69 Å². The van der Waals surface area contributed by atoms with Crippen LogP contribution in [-0.2, 0) is 11.3 Å². The third-order valence-corrected chi connectivity index (χ3v) is 0.917. The predicted molar refractivity (Wildman–Crippen MR) is 31.0 cm³/mol. The fourth-order valence-corrected chi connectivity index (χ4v) is 0.579. The minimum absolute atomic E-state index is 0.00190. The number of aromatic hydroxyl groups is 1. The van der Waals surface area contributed by atoms with E-state index in [-0.39, 0.29) is 5.88 Å². The Morgan fingerprint density at radius 2 is 2.67 bits per heavy atom. The quantitative estimate of drug-likeness (QED) is 0.600. The van der Waals surface area contributed by atoms with Crippen LogP contribution in [0.1, 0.15) is 5.69 Å². The summed E-state index contributed by atoms with van der Waals surface area (Å²) < 4.78 is 4.76. The van der Waals surface area contributed by atoms with Crippen molar-refractivity contribution in [1.29, 1.82) is 0 Å². The van der Waals surface area contributed by atoms with Crippen LogP contribution in [0, 0.1) is 0 Å². The molecule has 0 saturated carbocycles. The van der Waals surface area contributed by atoms with Gasteiger partial charge >= 0.3 is 0 Å². The summed E-state index contributed by atoms with van der Waals surface area (Å²) in [5.41, 5.74) is 0.773. The number of hydrogen-bond donors (Lipinski definition) is 2. The Hall–Kier alpha value is -1.03. The molecule has 1 rings (SSSR count). The van der Waals surface area contributed by atoms with Crippen molar-refractivity contribution in [3.8, 4) is 5.88 Å². The molecule has 0 bridgehead atoms. The number of nitrogens with one attached hydrogen (secondary N) is 1. The lowest BCUT2D eigenvalue weighted by molar-refractivity contribution is 0.181. The molecule has 4 heteroatoms. The zero-order chi connectivity index (χ0) is 6.69. The van der Waals surface area contributed by atoms with Crippen LogP contribution in [0.25, 0.3) is 0 Å². The van der Waals surface area contributed by atoms with Gasteiger partial charge in [-0.2, -0.15) is 0 Å². The van der Waals surface area contributed by atoms with E-state index >= 15 is 0 Å². The number of aromatic nitrogens is 2. The lowest BCUT2D eigenvalue weighted by atomic mass is 10.5. The zero-order valence-electron chi connectivity index (χ0n) is 5.09. The first-order valence-electron chi connectivity index (χ1n) is 2.55. The van der Waals surface area contributed by atoms with Gasteiger partial charge in [0, 0.05) is 13.2 Å². The van der Waals surface area contributed by atoms with Crippen LogP contribution in [-0.4, -0.2) is 22.4 Å². The van der Waals surface area contributed by atoms with E-state index in [1.54, 1.807) is 7.11 Å². The summed E-state index contributed by atoms with van der Waals surface area (Å²) in [6, 6.07) is 1.52. The molecule has 1 aromatic heterocycles. The molecule has 0 radical (unpaired) electrons. The highest BCUT2D eigenvalue weighted by Gasteiger charge is 1.95. The SMILES string of the molecule is COCc1cc(O)n[nH]1. The van der Waals surface area contributed by atoms with E-state index in [4.69, 9.17) is 9.84 Å². The minimum atomic E-state index is 0.00190. The Bertz CT molecular complexity index is 185. The molecule has 0 unspecified atom stereocenters. The lowest BCUT2D eigenvalue weighted by Gasteiger charge is -1.88. The average Bonchev–Trinajstić information content (AvgIpc) is 2.17. The maximum Gasteiger partial charge on any atom is 0.230 e. The van der Waals surface area contributed by atoms with Crippen molar-refractivity contribution < 1.29 is 9.84 Å². The second kappa shape index (κ2) is 2.50. The first-order chi connectivity index (χ1) is 4.33. The van der Waals surface area contributed by atoms with Gasteiger partial charge in [-0.3, -0.25) is 5.10 Å². The first-order valence-corrected chi connectivity index (χ1v) is 2.55. The number of methoxy groups -OCH3 is 1. The standard InChI is InChI=1S/C5H8N2O2/c1-9-3-4-2-5(8)7-6-4/h2H,3H2,1H3,(H2,6,7,8). The third kappa shape index (κ3) is 1.43. The van der Waals surface area contributed by atoms with Crippen LogP contribution in [0.3, 0.4) is 0 Å². The van der Waals surface area contributed by atoms with Crippen LogP contribution in [0.15, 0.2) is 6.07 Å². The molecule has 0 aliphatic heterocycles. The van der Waals surface area contributed by atoms with E-state index in [1.165, 1.54) is 6.07 Å². The van der Waals surface area contributed by atoms with Gasteiger partial charge in [0.05, 0.1) is 12.3 Å². The van der Waals surface area contributed by atoms with E-state index in [1.807, 2.05) is 0 Å². The number of hydrogen-bond acceptors (Lipinski definition) is 3. The normalized spacial score (nSPS) is 9.89. The van der Waals surface area contributed by atoms with Crippen LogP contribution < -0.4 is 0 Å². The van der Waals surface area contributed by atoms with Gasteiger partial charge < -0.3 is 9.84 Å². The minimum Gasteiger partial charge on any atom is -0.492 e. The third-order valence-electron chi connectivity index (χ3n) is 0.917. The Morgan fingerprint density at radius 1 is 1.89 bits per heavy atom. The molecule has 0 aliphatic carbocycles. The topological polar surface area (TPSA) is 58.1 Å². The number of rotatable bonds is 2. The van der Waals surface area contributed by atoms with E-state index in [2.05, 4.69) is 10.2 Å². The van der Waals surface area contributed by atoms with E-state index in [9.17, 15) is 0 Å². The molecule has 0 fully saturated rings. The maximum absolute atomic E-state index is 8.68. The second-order valence-corrected chi connectivity index (χ2v) is 1.68. The average molecular weight is 128 g/mol. The fraction of sp³-hybridized carbons (Fsp3) is 0.400. The van der Waals surface area contributed by atoms with Crippen LogP contribution in [0.4, 0.5) is 0 Å². The number of nitrogens with zero attached hydrogens (tertiary/aromatic N) is 1. The van der Waals surface area contributed by atoms with Crippen LogP contribution in [0.5, 0.6) is 5.88 Å². The summed E-state index contributed by atoms with van der Waals surface area (Å²) in [5.74, 6) is 0.00190. The van der Waals surface area contributed by atoms with Crippen molar-refractivity contribution in [2.45, 2.75) is 6.61 Å². The van der Waals surface area contributed by atoms with Crippen molar-refractivity contribution in [3.63, 3.8) is 0 Å². The van der Waals surface area contributed by atoms with Gasteiger partial charge in [-0.1, -0.05) is 0 Å². The smallest absolute Gasteiger partial charge is 0.230 e. The number of aromatic amines is 1. The molecule has 0 aliphatic rings. The largest absolute Gasteiger partial charge is 0.492 e. The van der Waals surface area contributed by atoms with Gasteiger partial charge in [-0.15, -0.1) is 5.10 Å². The van der Waals surface area contributed by atoms with Crippen LogP contribution in [0.2, 0.25) is 0 Å². The van der Waals surface area contributed by atoms with Gasteiger partial charge in [-0.05, 0) is 0 Å². The molecule has 2 N–H and O–H groups in total. The lowest BCUT2D eigenvalue weighted by Crippen LogP contribution is -1.85. The van der Waals surface area contributed by atoms with Crippen molar-refractivity contribution in [2.75, 3.05) is 7.11 Å². The van der Waals surface area contributed by atoms with E-state index in [0.29, 0.717) is 6.61 Å². The Balaban J connectivity index is 2.61. The highest BCUT2D eigenvalue weighted by molar-refractivity contribution is 5.10. The van der Waals surface area contributed by atoms with Gasteiger partial charge in [0.2, 0.25) is 5.88 Å². The molecule has 50 valence electrons.